The zero-order valence-electron chi connectivity index (χ0n) is 16.9. The zero-order chi connectivity index (χ0) is 20.5. The number of carbonyl (C=O) groups excluding carboxylic acids is 1. The Hall–Kier alpha value is -3.61. The van der Waals surface area contributed by atoms with Crippen molar-refractivity contribution in [3.8, 4) is 17.0 Å². The number of ether oxygens (including phenoxy) is 1. The van der Waals surface area contributed by atoms with Crippen molar-refractivity contribution in [2.24, 2.45) is 14.1 Å². The standard InChI is InChI=1S/C22H23N5O2/c1-5-21-24-18-12-15(8-11-19(18)26(21)2)23-22(28)20-13-17(25-27(20)3)14-6-9-16(29-4)10-7-14/h6-13H,5H2,1-4H3,(H,23,28). The van der Waals surface area contributed by atoms with Crippen LogP contribution in [-0.4, -0.2) is 32.3 Å². The topological polar surface area (TPSA) is 74.0 Å². The molecule has 1 N–H and O–H groups in total. The van der Waals surface area contributed by atoms with Gasteiger partial charge in [-0.05, 0) is 48.5 Å². The molecule has 0 saturated carbocycles. The molecule has 7 heteroatoms. The summed E-state index contributed by atoms with van der Waals surface area (Å²) < 4.78 is 8.85. The fourth-order valence-corrected chi connectivity index (χ4v) is 3.42. The maximum Gasteiger partial charge on any atom is 0.273 e. The lowest BCUT2D eigenvalue weighted by Gasteiger charge is -2.05. The minimum Gasteiger partial charge on any atom is -0.497 e. The van der Waals surface area contributed by atoms with Gasteiger partial charge in [0.05, 0.1) is 23.8 Å². The Labute approximate surface area is 168 Å². The van der Waals surface area contributed by atoms with E-state index in [0.717, 1.165) is 40.3 Å². The highest BCUT2D eigenvalue weighted by Gasteiger charge is 2.15. The van der Waals surface area contributed by atoms with Gasteiger partial charge in [-0.25, -0.2) is 4.98 Å². The molecule has 0 aliphatic carbocycles. The van der Waals surface area contributed by atoms with Gasteiger partial charge in [0.15, 0.2) is 0 Å². The maximum absolute atomic E-state index is 12.8. The number of carbonyl (C=O) groups is 1. The summed E-state index contributed by atoms with van der Waals surface area (Å²) in [5.41, 5.74) is 4.74. The third-order valence-corrected chi connectivity index (χ3v) is 5.05. The van der Waals surface area contributed by atoms with Crippen LogP contribution in [0.5, 0.6) is 5.75 Å². The molecule has 0 aliphatic rings. The molecular formula is C22H23N5O2. The summed E-state index contributed by atoms with van der Waals surface area (Å²) in [6.45, 7) is 2.08. The van der Waals surface area contributed by atoms with Crippen LogP contribution in [0.3, 0.4) is 0 Å². The van der Waals surface area contributed by atoms with E-state index in [-0.39, 0.29) is 5.91 Å². The van der Waals surface area contributed by atoms with Gasteiger partial charge in [0.25, 0.3) is 5.91 Å². The van der Waals surface area contributed by atoms with Gasteiger partial charge >= 0.3 is 0 Å². The van der Waals surface area contributed by atoms with E-state index >= 15 is 0 Å². The second kappa shape index (κ2) is 7.43. The van der Waals surface area contributed by atoms with E-state index < -0.39 is 0 Å². The molecule has 0 spiro atoms. The first kappa shape index (κ1) is 18.7. The summed E-state index contributed by atoms with van der Waals surface area (Å²) >= 11 is 0. The van der Waals surface area contributed by atoms with Gasteiger partial charge in [-0.3, -0.25) is 9.48 Å². The maximum atomic E-state index is 12.8. The largest absolute Gasteiger partial charge is 0.497 e. The summed E-state index contributed by atoms with van der Waals surface area (Å²) in [4.78, 5) is 17.5. The van der Waals surface area contributed by atoms with Crippen molar-refractivity contribution in [2.45, 2.75) is 13.3 Å². The Morgan fingerprint density at radius 1 is 1.10 bits per heavy atom. The van der Waals surface area contributed by atoms with E-state index in [4.69, 9.17) is 4.74 Å². The molecule has 0 atom stereocenters. The predicted octanol–water partition coefficient (Wildman–Crippen LogP) is 3.80. The Balaban J connectivity index is 1.58. The van der Waals surface area contributed by atoms with Gasteiger partial charge in [0.1, 0.15) is 17.3 Å². The van der Waals surface area contributed by atoms with Crippen molar-refractivity contribution in [3.05, 3.63) is 60.0 Å². The number of hydrogen-bond donors (Lipinski definition) is 1. The summed E-state index contributed by atoms with van der Waals surface area (Å²) in [6, 6.07) is 15.1. The number of rotatable bonds is 5. The Bertz CT molecular complexity index is 1190. The smallest absolute Gasteiger partial charge is 0.273 e. The highest BCUT2D eigenvalue weighted by atomic mass is 16.5. The minimum atomic E-state index is -0.217. The Morgan fingerprint density at radius 3 is 2.55 bits per heavy atom. The van der Waals surface area contributed by atoms with Gasteiger partial charge in [0, 0.05) is 31.8 Å². The molecule has 2 aromatic carbocycles. The summed E-state index contributed by atoms with van der Waals surface area (Å²) in [7, 11) is 5.39. The first-order valence-electron chi connectivity index (χ1n) is 9.45. The highest BCUT2D eigenvalue weighted by Crippen LogP contribution is 2.23. The molecule has 4 rings (SSSR count). The Kier molecular flexibility index (Phi) is 4.80. The van der Waals surface area contributed by atoms with Crippen LogP contribution in [0.4, 0.5) is 5.69 Å². The molecular weight excluding hydrogens is 366 g/mol. The number of hydrogen-bond acceptors (Lipinski definition) is 4. The SMILES string of the molecule is CCc1nc2cc(NC(=O)c3cc(-c4ccc(OC)cc4)nn3C)ccc2n1C. The average Bonchev–Trinajstić information content (AvgIpc) is 3.27. The van der Waals surface area contributed by atoms with E-state index in [2.05, 4.69) is 26.9 Å². The summed E-state index contributed by atoms with van der Waals surface area (Å²) in [6.07, 6.45) is 0.857. The molecule has 0 unspecified atom stereocenters. The van der Waals surface area contributed by atoms with Gasteiger partial charge < -0.3 is 14.6 Å². The number of nitrogens with one attached hydrogen (secondary N) is 1. The van der Waals surface area contributed by atoms with Gasteiger partial charge in [-0.1, -0.05) is 6.92 Å². The number of fused-ring (bicyclic) bond motifs is 1. The molecule has 7 nitrogen and oxygen atoms in total. The number of nitrogens with zero attached hydrogens (tertiary/aromatic N) is 4. The molecule has 2 heterocycles. The fraction of sp³-hybridized carbons (Fsp3) is 0.227. The molecule has 0 saturated heterocycles. The second-order valence-corrected chi connectivity index (χ2v) is 6.87. The van der Waals surface area contributed by atoms with Gasteiger partial charge in [-0.2, -0.15) is 5.10 Å². The van der Waals surface area contributed by atoms with Crippen LogP contribution < -0.4 is 10.1 Å². The number of imidazole rings is 1. The summed E-state index contributed by atoms with van der Waals surface area (Å²) in [5, 5.41) is 7.43. The number of amides is 1. The van der Waals surface area contributed by atoms with Crippen LogP contribution in [-0.2, 0) is 20.5 Å². The normalized spacial score (nSPS) is 11.0. The van der Waals surface area contributed by atoms with Gasteiger partial charge in [-0.15, -0.1) is 0 Å². The van der Waals surface area contributed by atoms with Crippen molar-refractivity contribution in [1.82, 2.24) is 19.3 Å². The molecule has 0 radical (unpaired) electrons. The van der Waals surface area contributed by atoms with Crippen LogP contribution in [0.1, 0.15) is 23.2 Å². The lowest BCUT2D eigenvalue weighted by Crippen LogP contribution is -2.16. The lowest BCUT2D eigenvalue weighted by atomic mass is 10.1. The molecule has 2 aromatic heterocycles. The molecule has 29 heavy (non-hydrogen) atoms. The van der Waals surface area contributed by atoms with Gasteiger partial charge in [0.2, 0.25) is 0 Å². The first-order valence-corrected chi connectivity index (χ1v) is 9.45. The minimum absolute atomic E-state index is 0.217. The van der Waals surface area contributed by atoms with E-state index in [1.165, 1.54) is 0 Å². The van der Waals surface area contributed by atoms with E-state index in [1.54, 1.807) is 24.9 Å². The van der Waals surface area contributed by atoms with Crippen molar-refractivity contribution in [2.75, 3.05) is 12.4 Å². The van der Waals surface area contributed by atoms with Crippen molar-refractivity contribution >= 4 is 22.6 Å². The van der Waals surface area contributed by atoms with Crippen LogP contribution in [0, 0.1) is 0 Å². The zero-order valence-corrected chi connectivity index (χ0v) is 16.9. The van der Waals surface area contributed by atoms with Crippen molar-refractivity contribution < 1.29 is 9.53 Å². The fourth-order valence-electron chi connectivity index (χ4n) is 3.42. The number of benzene rings is 2. The summed E-state index contributed by atoms with van der Waals surface area (Å²) in [5.74, 6) is 1.57. The third-order valence-electron chi connectivity index (χ3n) is 5.05. The molecule has 4 aromatic rings. The van der Waals surface area contributed by atoms with Crippen LogP contribution in [0.2, 0.25) is 0 Å². The monoisotopic (exact) mass is 389 g/mol. The van der Waals surface area contributed by atoms with E-state index in [0.29, 0.717) is 11.4 Å². The van der Waals surface area contributed by atoms with Crippen LogP contribution in [0.15, 0.2) is 48.5 Å². The van der Waals surface area contributed by atoms with Crippen LogP contribution >= 0.6 is 0 Å². The second-order valence-electron chi connectivity index (χ2n) is 6.87. The first-order chi connectivity index (χ1) is 14.0. The van der Waals surface area contributed by atoms with Crippen LogP contribution in [0.25, 0.3) is 22.3 Å². The van der Waals surface area contributed by atoms with E-state index in [1.807, 2.05) is 49.5 Å². The number of aryl methyl sites for hydroxylation is 3. The molecule has 148 valence electrons. The number of aromatic nitrogens is 4. The molecule has 0 bridgehead atoms. The van der Waals surface area contributed by atoms with Crippen molar-refractivity contribution in [1.29, 1.82) is 0 Å². The molecule has 0 aliphatic heterocycles. The quantitative estimate of drug-likeness (QED) is 0.563. The van der Waals surface area contributed by atoms with E-state index in [9.17, 15) is 4.79 Å². The number of anilines is 1. The number of methoxy groups -OCH3 is 1. The Morgan fingerprint density at radius 2 is 1.86 bits per heavy atom. The lowest BCUT2D eigenvalue weighted by molar-refractivity contribution is 0.101. The van der Waals surface area contributed by atoms with Crippen molar-refractivity contribution in [3.63, 3.8) is 0 Å². The third kappa shape index (κ3) is 3.47. The molecule has 0 fully saturated rings. The predicted molar refractivity (Wildman–Crippen MR) is 113 cm³/mol. The molecule has 1 amide bonds. The average molecular weight is 389 g/mol. The highest BCUT2D eigenvalue weighted by molar-refractivity contribution is 6.04.